The van der Waals surface area contributed by atoms with Crippen LogP contribution in [0.2, 0.25) is 0 Å². The Labute approximate surface area is 136 Å². The number of amides is 2. The molecule has 0 spiro atoms. The Hall–Kier alpha value is -3.42. The first-order valence-electron chi connectivity index (χ1n) is 7.14. The zero-order valence-corrected chi connectivity index (χ0v) is 12.4. The zero-order chi connectivity index (χ0) is 17.1. The van der Waals surface area contributed by atoms with Crippen LogP contribution in [0.1, 0.15) is 6.42 Å². The number of nitro groups is 1. The SMILES string of the molecule is O=C(C[C@H]1Oc2ccccc2NC1=O)Nc1cccc([N+](=O)[O-])c1. The fraction of sp³-hybridized carbons (Fsp3) is 0.125. The number of ether oxygens (including phenoxy) is 1. The van der Waals surface area contributed by atoms with Gasteiger partial charge in [0.05, 0.1) is 17.0 Å². The molecule has 0 aliphatic carbocycles. The molecule has 0 radical (unpaired) electrons. The molecule has 1 atom stereocenters. The molecule has 1 heterocycles. The van der Waals surface area contributed by atoms with E-state index in [0.29, 0.717) is 11.4 Å². The van der Waals surface area contributed by atoms with E-state index in [1.54, 1.807) is 24.3 Å². The minimum atomic E-state index is -0.960. The second-order valence-electron chi connectivity index (χ2n) is 5.15. The van der Waals surface area contributed by atoms with Gasteiger partial charge in [-0.25, -0.2) is 0 Å². The molecule has 0 aromatic heterocycles. The lowest BCUT2D eigenvalue weighted by atomic mass is 10.1. The Kier molecular flexibility index (Phi) is 4.11. The molecular weight excluding hydrogens is 314 g/mol. The molecule has 0 bridgehead atoms. The quantitative estimate of drug-likeness (QED) is 0.661. The number of benzene rings is 2. The van der Waals surface area contributed by atoms with Gasteiger partial charge in [0.25, 0.3) is 11.6 Å². The predicted molar refractivity (Wildman–Crippen MR) is 85.8 cm³/mol. The molecule has 8 nitrogen and oxygen atoms in total. The number of carbonyl (C=O) groups excluding carboxylic acids is 2. The Morgan fingerprint density at radius 3 is 2.83 bits per heavy atom. The number of hydrogen-bond donors (Lipinski definition) is 2. The van der Waals surface area contributed by atoms with E-state index in [1.165, 1.54) is 24.3 Å². The number of anilines is 2. The number of nitrogens with zero attached hydrogens (tertiary/aromatic N) is 1. The lowest BCUT2D eigenvalue weighted by Gasteiger charge is -2.25. The maximum atomic E-state index is 12.1. The summed E-state index contributed by atoms with van der Waals surface area (Å²) in [6, 6.07) is 12.5. The average Bonchev–Trinajstić information content (AvgIpc) is 2.55. The van der Waals surface area contributed by atoms with Crippen LogP contribution in [0.25, 0.3) is 0 Å². The van der Waals surface area contributed by atoms with Crippen molar-refractivity contribution < 1.29 is 19.2 Å². The Bertz CT molecular complexity index is 821. The van der Waals surface area contributed by atoms with Gasteiger partial charge < -0.3 is 15.4 Å². The first kappa shape index (κ1) is 15.5. The van der Waals surface area contributed by atoms with E-state index < -0.39 is 22.8 Å². The van der Waals surface area contributed by atoms with E-state index in [-0.39, 0.29) is 17.8 Å². The number of hydrogen-bond acceptors (Lipinski definition) is 5. The smallest absolute Gasteiger partial charge is 0.271 e. The van der Waals surface area contributed by atoms with Crippen molar-refractivity contribution in [2.75, 3.05) is 10.6 Å². The van der Waals surface area contributed by atoms with Crippen molar-refractivity contribution in [1.29, 1.82) is 0 Å². The van der Waals surface area contributed by atoms with Crippen LogP contribution in [0.4, 0.5) is 17.1 Å². The minimum Gasteiger partial charge on any atom is -0.478 e. The summed E-state index contributed by atoms with van der Waals surface area (Å²) in [6.07, 6.45) is -1.17. The molecule has 2 aromatic carbocycles. The van der Waals surface area contributed by atoms with Crippen LogP contribution in [0.15, 0.2) is 48.5 Å². The molecule has 2 aromatic rings. The van der Waals surface area contributed by atoms with E-state index in [1.807, 2.05) is 0 Å². The van der Waals surface area contributed by atoms with Gasteiger partial charge in [0.1, 0.15) is 5.75 Å². The molecule has 24 heavy (non-hydrogen) atoms. The molecule has 0 saturated carbocycles. The van der Waals surface area contributed by atoms with Crippen molar-refractivity contribution >= 4 is 28.9 Å². The fourth-order valence-electron chi connectivity index (χ4n) is 2.30. The molecule has 2 amide bonds. The standard InChI is InChI=1S/C16H13N3O5/c20-15(17-10-4-3-5-11(8-10)19(22)23)9-14-16(21)18-12-6-1-2-7-13(12)24-14/h1-8,14H,9H2,(H,17,20)(H,18,21)/t14-/m1/s1. The first-order chi connectivity index (χ1) is 11.5. The van der Waals surface area contributed by atoms with Crippen molar-refractivity contribution in [3.8, 4) is 5.75 Å². The lowest BCUT2D eigenvalue weighted by Crippen LogP contribution is -2.39. The number of para-hydroxylation sites is 2. The van der Waals surface area contributed by atoms with Crippen molar-refractivity contribution in [3.05, 3.63) is 58.6 Å². The lowest BCUT2D eigenvalue weighted by molar-refractivity contribution is -0.384. The van der Waals surface area contributed by atoms with Gasteiger partial charge in [-0.15, -0.1) is 0 Å². The topological polar surface area (TPSA) is 111 Å². The second-order valence-corrected chi connectivity index (χ2v) is 5.15. The van der Waals surface area contributed by atoms with Gasteiger partial charge in [-0.2, -0.15) is 0 Å². The Balaban J connectivity index is 1.66. The fourth-order valence-corrected chi connectivity index (χ4v) is 2.30. The molecule has 2 N–H and O–H groups in total. The van der Waals surface area contributed by atoms with Gasteiger partial charge >= 0.3 is 0 Å². The van der Waals surface area contributed by atoms with Crippen LogP contribution in [0, 0.1) is 10.1 Å². The molecule has 0 unspecified atom stereocenters. The van der Waals surface area contributed by atoms with E-state index in [2.05, 4.69) is 10.6 Å². The van der Waals surface area contributed by atoms with E-state index in [9.17, 15) is 19.7 Å². The molecule has 8 heteroatoms. The van der Waals surface area contributed by atoms with Gasteiger partial charge in [-0.05, 0) is 18.2 Å². The van der Waals surface area contributed by atoms with E-state index in [4.69, 9.17) is 4.74 Å². The van der Waals surface area contributed by atoms with Crippen molar-refractivity contribution in [2.45, 2.75) is 12.5 Å². The van der Waals surface area contributed by atoms with E-state index in [0.717, 1.165) is 0 Å². The van der Waals surface area contributed by atoms with Crippen molar-refractivity contribution in [1.82, 2.24) is 0 Å². The third kappa shape index (κ3) is 3.32. The zero-order valence-electron chi connectivity index (χ0n) is 12.4. The Morgan fingerprint density at radius 2 is 2.04 bits per heavy atom. The molecule has 0 saturated heterocycles. The van der Waals surface area contributed by atoms with Gasteiger partial charge in [-0.3, -0.25) is 19.7 Å². The highest BCUT2D eigenvalue weighted by Gasteiger charge is 2.29. The highest BCUT2D eigenvalue weighted by molar-refractivity contribution is 6.02. The van der Waals surface area contributed by atoms with Crippen molar-refractivity contribution in [2.24, 2.45) is 0 Å². The highest BCUT2D eigenvalue weighted by atomic mass is 16.6. The summed E-state index contributed by atoms with van der Waals surface area (Å²) in [7, 11) is 0. The van der Waals surface area contributed by atoms with Crippen molar-refractivity contribution in [3.63, 3.8) is 0 Å². The summed E-state index contributed by atoms with van der Waals surface area (Å²) >= 11 is 0. The summed E-state index contributed by atoms with van der Waals surface area (Å²) in [5.74, 6) is -0.400. The van der Waals surface area contributed by atoms with Gasteiger partial charge in [-0.1, -0.05) is 18.2 Å². The number of nitrogens with one attached hydrogen (secondary N) is 2. The average molecular weight is 327 g/mol. The molecular formula is C16H13N3O5. The summed E-state index contributed by atoms with van der Waals surface area (Å²) in [5.41, 5.74) is 0.706. The van der Waals surface area contributed by atoms with Crippen LogP contribution in [-0.2, 0) is 9.59 Å². The van der Waals surface area contributed by atoms with Crippen LogP contribution in [0.5, 0.6) is 5.75 Å². The largest absolute Gasteiger partial charge is 0.478 e. The number of nitro benzene ring substituents is 1. The first-order valence-corrected chi connectivity index (χ1v) is 7.14. The van der Waals surface area contributed by atoms with Gasteiger partial charge in [0.2, 0.25) is 5.91 Å². The third-order valence-electron chi connectivity index (χ3n) is 3.42. The number of fused-ring (bicyclic) bond motifs is 1. The number of rotatable bonds is 4. The maximum absolute atomic E-state index is 12.1. The predicted octanol–water partition coefficient (Wildman–Crippen LogP) is 2.32. The van der Waals surface area contributed by atoms with Crippen LogP contribution >= 0.6 is 0 Å². The molecule has 1 aliphatic rings. The minimum absolute atomic E-state index is 0.131. The van der Waals surface area contributed by atoms with E-state index >= 15 is 0 Å². The molecule has 3 rings (SSSR count). The normalized spacial score (nSPS) is 15.7. The number of non-ortho nitro benzene ring substituents is 1. The second kappa shape index (κ2) is 6.37. The molecule has 1 aliphatic heterocycles. The van der Waals surface area contributed by atoms with Gasteiger partial charge in [0.15, 0.2) is 6.10 Å². The molecule has 122 valence electrons. The highest BCUT2D eigenvalue weighted by Crippen LogP contribution is 2.29. The van der Waals surface area contributed by atoms with Crippen LogP contribution < -0.4 is 15.4 Å². The van der Waals surface area contributed by atoms with Crippen LogP contribution in [-0.4, -0.2) is 22.8 Å². The van der Waals surface area contributed by atoms with Gasteiger partial charge in [0, 0.05) is 17.8 Å². The summed E-state index contributed by atoms with van der Waals surface area (Å²) in [6.45, 7) is 0. The number of carbonyl (C=O) groups is 2. The summed E-state index contributed by atoms with van der Waals surface area (Å²) in [5, 5.41) is 15.9. The maximum Gasteiger partial charge on any atom is 0.271 e. The third-order valence-corrected chi connectivity index (χ3v) is 3.42. The van der Waals surface area contributed by atoms with Crippen LogP contribution in [0.3, 0.4) is 0 Å². The monoisotopic (exact) mass is 327 g/mol. The Morgan fingerprint density at radius 1 is 1.25 bits per heavy atom. The summed E-state index contributed by atoms with van der Waals surface area (Å²) < 4.78 is 5.53. The molecule has 0 fully saturated rings. The summed E-state index contributed by atoms with van der Waals surface area (Å²) in [4.78, 5) is 34.2.